The van der Waals surface area contributed by atoms with Crippen LogP contribution < -0.4 is 14.5 Å². The lowest BCUT2D eigenvalue weighted by Gasteiger charge is -2.27. The third-order valence-corrected chi connectivity index (χ3v) is 4.76. The van der Waals surface area contributed by atoms with Crippen LogP contribution in [0.4, 0.5) is 11.5 Å². The van der Waals surface area contributed by atoms with Crippen LogP contribution in [-0.4, -0.2) is 43.4 Å². The van der Waals surface area contributed by atoms with Gasteiger partial charge in [0.2, 0.25) is 0 Å². The average Bonchev–Trinajstić information content (AvgIpc) is 2.74. The number of pyridine rings is 1. The van der Waals surface area contributed by atoms with Crippen LogP contribution in [0.3, 0.4) is 0 Å². The first-order valence-corrected chi connectivity index (χ1v) is 9.81. The normalized spacial score (nSPS) is 11.7. The second-order valence-electron chi connectivity index (χ2n) is 7.36. The van der Waals surface area contributed by atoms with E-state index in [0.29, 0.717) is 13.1 Å². The molecule has 0 saturated heterocycles. The van der Waals surface area contributed by atoms with Crippen LogP contribution in [0.5, 0.6) is 5.75 Å². The molecule has 0 saturated carbocycles. The van der Waals surface area contributed by atoms with Gasteiger partial charge in [-0.1, -0.05) is 36.4 Å². The van der Waals surface area contributed by atoms with Crippen molar-refractivity contribution in [1.82, 2.24) is 4.98 Å². The zero-order chi connectivity index (χ0) is 20.6. The van der Waals surface area contributed by atoms with Crippen molar-refractivity contribution < 1.29 is 9.84 Å². The van der Waals surface area contributed by atoms with E-state index >= 15 is 0 Å². The molecule has 0 radical (unpaired) electrons. The van der Waals surface area contributed by atoms with E-state index in [1.165, 1.54) is 0 Å². The molecule has 1 aromatic heterocycles. The maximum absolute atomic E-state index is 10.6. The van der Waals surface area contributed by atoms with E-state index in [4.69, 9.17) is 4.74 Å². The van der Waals surface area contributed by atoms with Gasteiger partial charge in [0.05, 0.1) is 0 Å². The predicted octanol–water partition coefficient (Wildman–Crippen LogP) is 3.90. The molecule has 0 bridgehead atoms. The molecular formula is C24H29N3O2. The molecule has 1 heterocycles. The van der Waals surface area contributed by atoms with Gasteiger partial charge in [-0.3, -0.25) is 0 Å². The van der Waals surface area contributed by atoms with Crippen molar-refractivity contribution in [2.75, 3.05) is 37.0 Å². The summed E-state index contributed by atoms with van der Waals surface area (Å²) < 4.78 is 5.83. The second-order valence-corrected chi connectivity index (χ2v) is 7.36. The average molecular weight is 392 g/mol. The van der Waals surface area contributed by atoms with Gasteiger partial charge in [0.25, 0.3) is 0 Å². The highest BCUT2D eigenvalue weighted by molar-refractivity contribution is 5.47. The summed E-state index contributed by atoms with van der Waals surface area (Å²) in [5, 5.41) is 10.6. The fourth-order valence-corrected chi connectivity index (χ4v) is 3.11. The summed E-state index contributed by atoms with van der Waals surface area (Å²) in [5.41, 5.74) is 3.38. The number of aryl methyl sites for hydroxylation is 1. The summed E-state index contributed by atoms with van der Waals surface area (Å²) in [6, 6.07) is 22.1. The number of para-hydroxylation sites is 1. The van der Waals surface area contributed by atoms with Crippen LogP contribution >= 0.6 is 0 Å². The number of aromatic nitrogens is 1. The lowest BCUT2D eigenvalue weighted by molar-refractivity contribution is 0.111. The zero-order valence-electron chi connectivity index (χ0n) is 17.3. The van der Waals surface area contributed by atoms with Crippen molar-refractivity contribution in [3.63, 3.8) is 0 Å². The number of aliphatic hydroxyl groups excluding tert-OH is 1. The molecule has 29 heavy (non-hydrogen) atoms. The molecule has 1 unspecified atom stereocenters. The largest absolute Gasteiger partial charge is 0.491 e. The van der Waals surface area contributed by atoms with Gasteiger partial charge < -0.3 is 19.6 Å². The molecule has 0 aliphatic carbocycles. The van der Waals surface area contributed by atoms with Crippen molar-refractivity contribution in [1.29, 1.82) is 0 Å². The minimum absolute atomic E-state index is 0.230. The summed E-state index contributed by atoms with van der Waals surface area (Å²) in [6.07, 6.45) is 1.13. The van der Waals surface area contributed by atoms with Crippen LogP contribution in [0.25, 0.3) is 0 Å². The van der Waals surface area contributed by atoms with Gasteiger partial charge in [-0.15, -0.1) is 0 Å². The molecule has 152 valence electrons. The summed E-state index contributed by atoms with van der Waals surface area (Å²) >= 11 is 0. The number of aliphatic hydroxyl groups is 1. The molecule has 0 amide bonds. The topological polar surface area (TPSA) is 48.8 Å². The van der Waals surface area contributed by atoms with Crippen LogP contribution in [0.2, 0.25) is 0 Å². The SMILES string of the molecule is Cc1ccccc1OCC(O)CN(Cc1ccc(N(C)C)cc1)c1ccccn1. The van der Waals surface area contributed by atoms with Crippen LogP contribution in [0, 0.1) is 6.92 Å². The van der Waals surface area contributed by atoms with Crippen LogP contribution in [-0.2, 0) is 6.54 Å². The minimum atomic E-state index is -0.641. The van der Waals surface area contributed by atoms with Gasteiger partial charge in [-0.05, 0) is 48.4 Å². The van der Waals surface area contributed by atoms with Crippen LogP contribution in [0.1, 0.15) is 11.1 Å². The highest BCUT2D eigenvalue weighted by Gasteiger charge is 2.15. The molecule has 0 aliphatic heterocycles. The molecule has 5 heteroatoms. The molecule has 0 spiro atoms. The molecule has 1 N–H and O–H groups in total. The van der Waals surface area contributed by atoms with Gasteiger partial charge >= 0.3 is 0 Å². The van der Waals surface area contributed by atoms with E-state index in [1.807, 2.05) is 63.5 Å². The highest BCUT2D eigenvalue weighted by Crippen LogP contribution is 2.19. The Balaban J connectivity index is 1.68. The number of hydrogen-bond donors (Lipinski definition) is 1. The highest BCUT2D eigenvalue weighted by atomic mass is 16.5. The fraction of sp³-hybridized carbons (Fsp3) is 0.292. The smallest absolute Gasteiger partial charge is 0.128 e. The summed E-state index contributed by atoms with van der Waals surface area (Å²) in [7, 11) is 4.06. The number of anilines is 2. The Morgan fingerprint density at radius 1 is 0.966 bits per heavy atom. The quantitative estimate of drug-likeness (QED) is 0.599. The van der Waals surface area contributed by atoms with Crippen molar-refractivity contribution >= 4 is 11.5 Å². The number of hydrogen-bond acceptors (Lipinski definition) is 5. The first-order chi connectivity index (χ1) is 14.0. The Kier molecular flexibility index (Phi) is 7.09. The van der Waals surface area contributed by atoms with Gasteiger partial charge in [-0.25, -0.2) is 4.98 Å². The monoisotopic (exact) mass is 391 g/mol. The van der Waals surface area contributed by atoms with E-state index < -0.39 is 6.10 Å². The van der Waals surface area contributed by atoms with E-state index in [0.717, 1.165) is 28.4 Å². The van der Waals surface area contributed by atoms with E-state index in [1.54, 1.807) is 6.20 Å². The summed E-state index contributed by atoms with van der Waals surface area (Å²) in [4.78, 5) is 8.63. The van der Waals surface area contributed by atoms with E-state index in [-0.39, 0.29) is 6.61 Å². The molecule has 0 aliphatic rings. The standard InChI is InChI=1S/C24H29N3O2/c1-19-8-4-5-9-23(19)29-18-22(28)17-27(24-10-6-7-15-25-24)16-20-11-13-21(14-12-20)26(2)3/h4-15,22,28H,16-18H2,1-3H3. The number of benzene rings is 2. The van der Waals surface area contributed by atoms with Crippen molar-refractivity contribution in [3.05, 3.63) is 84.1 Å². The molecule has 0 fully saturated rings. The van der Waals surface area contributed by atoms with E-state index in [2.05, 4.69) is 39.0 Å². The number of rotatable bonds is 9. The Hall–Kier alpha value is -3.05. The third kappa shape index (κ3) is 5.96. The van der Waals surface area contributed by atoms with Gasteiger partial charge in [0.15, 0.2) is 0 Å². The second kappa shape index (κ2) is 9.94. The van der Waals surface area contributed by atoms with Crippen LogP contribution in [0.15, 0.2) is 72.9 Å². The van der Waals surface area contributed by atoms with Crippen molar-refractivity contribution in [3.8, 4) is 5.75 Å². The summed E-state index contributed by atoms with van der Waals surface area (Å²) in [6.45, 7) is 3.32. The minimum Gasteiger partial charge on any atom is -0.491 e. The molecule has 2 aromatic carbocycles. The molecule has 1 atom stereocenters. The maximum atomic E-state index is 10.6. The lowest BCUT2D eigenvalue weighted by atomic mass is 10.1. The van der Waals surface area contributed by atoms with Crippen molar-refractivity contribution in [2.24, 2.45) is 0 Å². The van der Waals surface area contributed by atoms with E-state index in [9.17, 15) is 5.11 Å². The number of ether oxygens (including phenoxy) is 1. The third-order valence-electron chi connectivity index (χ3n) is 4.76. The Labute approximate surface area is 173 Å². The molecule has 3 rings (SSSR count). The van der Waals surface area contributed by atoms with Gasteiger partial charge in [0.1, 0.15) is 24.3 Å². The Morgan fingerprint density at radius 2 is 1.69 bits per heavy atom. The van der Waals surface area contributed by atoms with Crippen molar-refractivity contribution in [2.45, 2.75) is 19.6 Å². The molecule has 3 aromatic rings. The first kappa shape index (κ1) is 20.7. The van der Waals surface area contributed by atoms with Gasteiger partial charge in [-0.2, -0.15) is 0 Å². The lowest BCUT2D eigenvalue weighted by Crippen LogP contribution is -2.36. The Morgan fingerprint density at radius 3 is 2.34 bits per heavy atom. The Bertz CT molecular complexity index is 882. The fourth-order valence-electron chi connectivity index (χ4n) is 3.11. The zero-order valence-corrected chi connectivity index (χ0v) is 17.3. The first-order valence-electron chi connectivity index (χ1n) is 9.81. The number of nitrogens with zero attached hydrogens (tertiary/aromatic N) is 3. The molecule has 5 nitrogen and oxygen atoms in total. The predicted molar refractivity (Wildman–Crippen MR) is 119 cm³/mol. The molecular weight excluding hydrogens is 362 g/mol. The maximum Gasteiger partial charge on any atom is 0.128 e. The summed E-state index contributed by atoms with van der Waals surface area (Å²) in [5.74, 6) is 1.63. The van der Waals surface area contributed by atoms with Gasteiger partial charge in [0, 0.05) is 39.1 Å².